The predicted molar refractivity (Wildman–Crippen MR) is 575 cm³/mol. The topological polar surface area (TPSA) is 16.3 Å². The van der Waals surface area contributed by atoms with E-state index in [0.29, 0.717) is 0 Å². The average molecular weight is 1750 g/mol. The molecule has 4 heterocycles. The van der Waals surface area contributed by atoms with Gasteiger partial charge in [-0.05, 0) is 247 Å². The van der Waals surface area contributed by atoms with Crippen LogP contribution in [0.1, 0.15) is 44.5 Å². The quantitative estimate of drug-likeness (QED) is 0.102. The van der Waals surface area contributed by atoms with Crippen molar-refractivity contribution in [3.8, 4) is 134 Å². The highest BCUT2D eigenvalue weighted by Crippen LogP contribution is 2.65. The number of hydrogen-bond donors (Lipinski definition) is 0. The van der Waals surface area contributed by atoms with Crippen molar-refractivity contribution in [2.75, 3.05) is 9.80 Å². The maximum atomic E-state index is 2.62. The number of para-hydroxylation sites is 8. The van der Waals surface area contributed by atoms with Crippen LogP contribution in [0.4, 0.5) is 34.1 Å². The van der Waals surface area contributed by atoms with E-state index in [1.54, 1.807) is 0 Å². The van der Waals surface area contributed by atoms with Crippen LogP contribution in [0.2, 0.25) is 0 Å². The fourth-order valence-corrected chi connectivity index (χ4v) is 24.2. The smallest absolute Gasteiger partial charge is 0.0754 e. The molecule has 2 aliphatic heterocycles. The first-order chi connectivity index (χ1) is 68.5. The molecule has 2 aromatic heterocycles. The molecule has 4 aliphatic rings. The van der Waals surface area contributed by atoms with Crippen molar-refractivity contribution in [1.82, 2.24) is 9.13 Å². The molecule has 642 valence electrons. The van der Waals surface area contributed by atoms with Crippen LogP contribution in [0.5, 0.6) is 0 Å². The second-order valence-electron chi connectivity index (χ2n) is 37.2. The van der Waals surface area contributed by atoms with E-state index in [0.717, 1.165) is 101 Å². The zero-order valence-electron chi connectivity index (χ0n) is 75.4. The van der Waals surface area contributed by atoms with Gasteiger partial charge in [-0.25, -0.2) is 0 Å². The summed E-state index contributed by atoms with van der Waals surface area (Å²) in [6.07, 6.45) is 0. The number of hydrogen-bond acceptors (Lipinski definition) is 2. The summed E-state index contributed by atoms with van der Waals surface area (Å²) in [4.78, 5) is 4.94. The zero-order chi connectivity index (χ0) is 90.7. The standard InChI is InChI=1S/C134H86N4/c1-5-31-87(32-6-1)90-61-65-94(66-62-90)106-44-14-21-55-124(106)135(102-75-69-92(70-76-102)89-35-9-3-10-36-89)103-41-27-39-96(81-103)99-71-77-109-108-46-13-18-50-116(108)133(122(109)84-99)119-52-20-26-60-129(119)138-130-86-101(73-79-112(130)114-49-30-54-121(133)132(114)138)98-74-80-117-115(83-98)110-78-72-100(85-123(110)134(117)118-51-19-25-59-128(118)137-127-58-24-17-47-111(127)113-48-29-53-120(134)131(113)137)97-40-28-42-104(82-97)136(125-56-22-15-43-105(125)93-37-11-4-12-38-93)126-57-23-16-45-107(126)95-67-63-91(64-68-95)88-33-7-2-8-34-88/h1-86H. The minimum atomic E-state index is -0.735. The second-order valence-corrected chi connectivity index (χ2v) is 37.2. The fraction of sp³-hybridized carbons (Fsp3) is 0.0149. The lowest BCUT2D eigenvalue weighted by atomic mass is 9.65. The summed E-state index contributed by atoms with van der Waals surface area (Å²) in [6.45, 7) is 0. The maximum Gasteiger partial charge on any atom is 0.0754 e. The van der Waals surface area contributed by atoms with Gasteiger partial charge in [-0.1, -0.05) is 425 Å². The monoisotopic (exact) mass is 1750 g/mol. The Morgan fingerprint density at radius 1 is 0.145 bits per heavy atom. The summed E-state index contributed by atoms with van der Waals surface area (Å²) in [7, 11) is 0. The maximum absolute atomic E-state index is 2.62. The molecule has 22 aromatic carbocycles. The molecule has 2 aliphatic carbocycles. The third-order valence-corrected chi connectivity index (χ3v) is 30.1. The lowest BCUT2D eigenvalue weighted by Crippen LogP contribution is -2.33. The van der Waals surface area contributed by atoms with Crippen LogP contribution in [0.25, 0.3) is 177 Å². The minimum absolute atomic E-state index is 0.689. The molecule has 138 heavy (non-hydrogen) atoms. The Balaban J connectivity index is 0.590. The first kappa shape index (κ1) is 78.7. The molecule has 28 rings (SSSR count). The van der Waals surface area contributed by atoms with Crippen LogP contribution in [0.3, 0.4) is 0 Å². The van der Waals surface area contributed by atoms with Gasteiger partial charge in [0.2, 0.25) is 0 Å². The number of aromatic nitrogens is 2. The fourth-order valence-electron chi connectivity index (χ4n) is 24.2. The number of rotatable bonds is 15. The Kier molecular flexibility index (Phi) is 17.9. The molecule has 0 amide bonds. The van der Waals surface area contributed by atoms with Crippen molar-refractivity contribution >= 4 is 77.7 Å². The molecular formula is C134H86N4. The highest BCUT2D eigenvalue weighted by atomic mass is 15.2. The van der Waals surface area contributed by atoms with Gasteiger partial charge in [0.25, 0.3) is 0 Å². The average Bonchev–Trinajstić information content (AvgIpc) is 1.50. The summed E-state index contributed by atoms with van der Waals surface area (Å²) in [5, 5.41) is 4.95. The molecule has 2 atom stereocenters. The number of nitrogens with zero attached hydrogens (tertiary/aromatic N) is 4. The van der Waals surface area contributed by atoms with Crippen molar-refractivity contribution in [2.45, 2.75) is 10.8 Å². The van der Waals surface area contributed by atoms with Crippen molar-refractivity contribution in [3.05, 3.63) is 566 Å². The van der Waals surface area contributed by atoms with Crippen LogP contribution in [-0.2, 0) is 10.8 Å². The third kappa shape index (κ3) is 11.9. The molecule has 0 bridgehead atoms. The Bertz CT molecular complexity index is 9060. The normalized spacial score (nSPS) is 14.3. The minimum Gasteiger partial charge on any atom is -0.310 e. The van der Waals surface area contributed by atoms with E-state index in [-0.39, 0.29) is 0 Å². The van der Waals surface area contributed by atoms with Gasteiger partial charge in [0.1, 0.15) is 0 Å². The van der Waals surface area contributed by atoms with E-state index in [4.69, 9.17) is 0 Å². The van der Waals surface area contributed by atoms with E-state index in [1.807, 2.05) is 0 Å². The van der Waals surface area contributed by atoms with Gasteiger partial charge >= 0.3 is 0 Å². The molecule has 0 N–H and O–H groups in total. The van der Waals surface area contributed by atoms with Gasteiger partial charge in [-0.15, -0.1) is 0 Å². The molecule has 0 saturated carbocycles. The van der Waals surface area contributed by atoms with E-state index in [1.165, 1.54) is 155 Å². The molecule has 0 fully saturated rings. The van der Waals surface area contributed by atoms with Gasteiger partial charge in [-0.2, -0.15) is 0 Å². The molecule has 0 radical (unpaired) electrons. The molecule has 2 spiro atoms. The summed E-state index contributed by atoms with van der Waals surface area (Å²) < 4.78 is 5.18. The van der Waals surface area contributed by atoms with E-state index >= 15 is 0 Å². The van der Waals surface area contributed by atoms with Crippen LogP contribution in [0.15, 0.2) is 522 Å². The number of fused-ring (bicyclic) bond motifs is 24. The zero-order valence-corrected chi connectivity index (χ0v) is 75.4. The van der Waals surface area contributed by atoms with E-state index in [2.05, 4.69) is 541 Å². The molecule has 0 saturated heterocycles. The van der Waals surface area contributed by atoms with Gasteiger partial charge in [0.05, 0.1) is 61.3 Å². The van der Waals surface area contributed by atoms with Gasteiger partial charge in [0, 0.05) is 55.3 Å². The van der Waals surface area contributed by atoms with E-state index in [9.17, 15) is 0 Å². The largest absolute Gasteiger partial charge is 0.310 e. The van der Waals surface area contributed by atoms with Crippen molar-refractivity contribution in [3.63, 3.8) is 0 Å². The third-order valence-electron chi connectivity index (χ3n) is 30.1. The summed E-state index contributed by atoms with van der Waals surface area (Å²) in [6, 6.07) is 196. The number of anilines is 6. The second kappa shape index (κ2) is 31.3. The van der Waals surface area contributed by atoms with Crippen LogP contribution in [-0.4, -0.2) is 9.13 Å². The molecule has 24 aromatic rings. The highest BCUT2D eigenvalue weighted by molar-refractivity contribution is 6.16. The summed E-state index contributed by atoms with van der Waals surface area (Å²) in [5.41, 5.74) is 48.2. The number of benzene rings is 22. The summed E-state index contributed by atoms with van der Waals surface area (Å²) >= 11 is 0. The first-order valence-corrected chi connectivity index (χ1v) is 47.9. The first-order valence-electron chi connectivity index (χ1n) is 47.9. The van der Waals surface area contributed by atoms with Crippen molar-refractivity contribution < 1.29 is 0 Å². The Morgan fingerprint density at radius 3 is 0.986 bits per heavy atom. The molecule has 2 unspecified atom stereocenters. The van der Waals surface area contributed by atoms with Gasteiger partial charge < -0.3 is 18.9 Å². The SMILES string of the molecule is c1ccc(-c2ccc(-c3ccccc3N(c3ccc(-c4ccccc4)cc3)c3cccc(-c4ccc5c(c4)C4(c6ccccc6-5)c5ccccc5-n5c6cc(-c7ccc8c(c7)-c7ccc(-c9cccc(N(c%10ccccc%10-c%10ccccc%10)c%10ccccc%10-c%10ccc(-c%11ccccc%11)cc%10)c9)cc7C87c8ccccc8-n8c9ccccc9c9cccc7c98)ccc6c6cccc4c65)c3)cc2)cc1. The van der Waals surface area contributed by atoms with Gasteiger partial charge in [0.15, 0.2) is 0 Å². The lowest BCUT2D eigenvalue weighted by molar-refractivity contribution is 0.748. The van der Waals surface area contributed by atoms with Crippen molar-refractivity contribution in [1.29, 1.82) is 0 Å². The Morgan fingerprint density at radius 2 is 0.457 bits per heavy atom. The highest BCUT2D eigenvalue weighted by Gasteiger charge is 2.53. The van der Waals surface area contributed by atoms with Crippen molar-refractivity contribution in [2.24, 2.45) is 0 Å². The van der Waals surface area contributed by atoms with E-state index < -0.39 is 10.8 Å². The van der Waals surface area contributed by atoms with Crippen LogP contribution >= 0.6 is 0 Å². The van der Waals surface area contributed by atoms with Gasteiger partial charge in [-0.3, -0.25) is 0 Å². The predicted octanol–water partition coefficient (Wildman–Crippen LogP) is 35.2. The Labute approximate surface area is 801 Å². The van der Waals surface area contributed by atoms with Crippen LogP contribution in [0, 0.1) is 0 Å². The molecule has 4 heteroatoms. The molecule has 4 nitrogen and oxygen atoms in total. The molecular weight excluding hydrogens is 1670 g/mol. The summed E-state index contributed by atoms with van der Waals surface area (Å²) in [5.74, 6) is 0. The van der Waals surface area contributed by atoms with Crippen LogP contribution < -0.4 is 9.80 Å². The Hall–Kier alpha value is -18.0. The lowest BCUT2D eigenvalue weighted by Gasteiger charge is -2.39.